The highest BCUT2D eigenvalue weighted by Gasteiger charge is 2.08. The predicted molar refractivity (Wildman–Crippen MR) is 71.1 cm³/mol. The molecule has 0 unspecified atom stereocenters. The molecule has 0 spiro atoms. The van der Waals surface area contributed by atoms with Crippen molar-refractivity contribution in [3.63, 3.8) is 0 Å². The highest BCUT2D eigenvalue weighted by atomic mass is 32.1. The first-order valence-corrected chi connectivity index (χ1v) is 7.25. The average molecular weight is 238 g/mol. The fourth-order valence-electron chi connectivity index (χ4n) is 2.21. The molecular weight excluding hydrogens is 216 g/mol. The van der Waals surface area contributed by atoms with Gasteiger partial charge in [-0.15, -0.1) is 0 Å². The highest BCUT2D eigenvalue weighted by molar-refractivity contribution is 7.08. The van der Waals surface area contributed by atoms with Gasteiger partial charge in [-0.25, -0.2) is 0 Å². The van der Waals surface area contributed by atoms with Crippen LogP contribution in [0.25, 0.3) is 0 Å². The van der Waals surface area contributed by atoms with E-state index >= 15 is 0 Å². The fraction of sp³-hybridized carbons (Fsp3) is 0.692. The van der Waals surface area contributed by atoms with Gasteiger partial charge in [0.2, 0.25) is 0 Å². The average Bonchev–Trinajstić information content (AvgIpc) is 2.72. The summed E-state index contributed by atoms with van der Waals surface area (Å²) in [7, 11) is 0. The van der Waals surface area contributed by atoms with E-state index in [4.69, 9.17) is 0 Å². The molecule has 0 saturated carbocycles. The van der Waals surface area contributed by atoms with Gasteiger partial charge in [-0.2, -0.15) is 11.3 Å². The first-order valence-electron chi connectivity index (χ1n) is 6.31. The molecule has 0 atom stereocenters. The number of thiophene rings is 1. The lowest BCUT2D eigenvalue weighted by atomic mass is 10.1. The van der Waals surface area contributed by atoms with Crippen molar-refractivity contribution in [1.82, 2.24) is 10.2 Å². The number of nitrogens with zero attached hydrogens (tertiary/aromatic N) is 1. The molecule has 1 aromatic rings. The van der Waals surface area contributed by atoms with Gasteiger partial charge < -0.3 is 10.2 Å². The Kier molecular flexibility index (Phi) is 4.82. The van der Waals surface area contributed by atoms with Gasteiger partial charge >= 0.3 is 0 Å². The first kappa shape index (κ1) is 12.1. The van der Waals surface area contributed by atoms with Crippen LogP contribution < -0.4 is 5.32 Å². The van der Waals surface area contributed by atoms with Crippen molar-refractivity contribution in [3.8, 4) is 0 Å². The molecule has 0 amide bonds. The minimum absolute atomic E-state index is 1.03. The number of piperidine rings is 1. The summed E-state index contributed by atoms with van der Waals surface area (Å²) in [6, 6.07) is 0. The molecular formula is C13H22N2S. The maximum atomic E-state index is 3.54. The van der Waals surface area contributed by atoms with Gasteiger partial charge in [-0.1, -0.05) is 6.42 Å². The van der Waals surface area contributed by atoms with Crippen LogP contribution in [-0.2, 0) is 6.54 Å². The maximum Gasteiger partial charge on any atom is 0.0216 e. The van der Waals surface area contributed by atoms with E-state index < -0.39 is 0 Å². The summed E-state index contributed by atoms with van der Waals surface area (Å²) < 4.78 is 0. The second-order valence-electron chi connectivity index (χ2n) is 4.66. The topological polar surface area (TPSA) is 15.3 Å². The Morgan fingerprint density at radius 1 is 1.25 bits per heavy atom. The molecule has 90 valence electrons. The van der Waals surface area contributed by atoms with Crippen LogP contribution in [0.15, 0.2) is 10.8 Å². The second-order valence-corrected chi connectivity index (χ2v) is 5.40. The number of hydrogen-bond donors (Lipinski definition) is 1. The lowest BCUT2D eigenvalue weighted by molar-refractivity contribution is 0.229. The summed E-state index contributed by atoms with van der Waals surface area (Å²) in [6.45, 7) is 8.16. The van der Waals surface area contributed by atoms with Crippen LogP contribution in [0.2, 0.25) is 0 Å². The summed E-state index contributed by atoms with van der Waals surface area (Å²) in [4.78, 5) is 2.58. The van der Waals surface area contributed by atoms with E-state index in [0.29, 0.717) is 0 Å². The molecule has 2 nitrogen and oxygen atoms in total. The van der Waals surface area contributed by atoms with Crippen LogP contribution in [0.4, 0.5) is 0 Å². The van der Waals surface area contributed by atoms with Crippen molar-refractivity contribution in [3.05, 3.63) is 21.9 Å². The quantitative estimate of drug-likeness (QED) is 0.793. The number of nitrogens with one attached hydrogen (secondary N) is 1. The summed E-state index contributed by atoms with van der Waals surface area (Å²) in [6.07, 6.45) is 4.21. The molecule has 0 aliphatic carbocycles. The van der Waals surface area contributed by atoms with Gasteiger partial charge in [-0.05, 0) is 54.7 Å². The lowest BCUT2D eigenvalue weighted by Gasteiger charge is -2.26. The molecule has 0 aromatic carbocycles. The molecule has 1 aromatic heterocycles. The molecule has 1 saturated heterocycles. The van der Waals surface area contributed by atoms with E-state index in [1.54, 1.807) is 11.3 Å². The number of aryl methyl sites for hydroxylation is 1. The predicted octanol–water partition coefficient (Wildman–Crippen LogP) is 2.63. The lowest BCUT2D eigenvalue weighted by Crippen LogP contribution is -2.35. The van der Waals surface area contributed by atoms with Gasteiger partial charge in [0.05, 0.1) is 0 Å². The van der Waals surface area contributed by atoms with Crippen molar-refractivity contribution in [1.29, 1.82) is 0 Å². The Labute approximate surface area is 103 Å². The van der Waals surface area contributed by atoms with Crippen LogP contribution in [-0.4, -0.2) is 31.1 Å². The van der Waals surface area contributed by atoms with E-state index in [1.807, 2.05) is 0 Å². The van der Waals surface area contributed by atoms with Gasteiger partial charge in [0.1, 0.15) is 0 Å². The van der Waals surface area contributed by atoms with Crippen molar-refractivity contribution in [2.24, 2.45) is 0 Å². The molecule has 0 bridgehead atoms. The standard InChI is InChI=1S/C13H22N2S/c1-12-10-16-11-13(12)9-14-5-8-15-6-3-2-4-7-15/h10-11,14H,2-9H2,1H3. The monoisotopic (exact) mass is 238 g/mol. The Balaban J connectivity index is 1.59. The second kappa shape index (κ2) is 6.38. The number of likely N-dealkylation sites (tertiary alicyclic amines) is 1. The molecule has 1 N–H and O–H groups in total. The molecule has 2 heterocycles. The molecule has 16 heavy (non-hydrogen) atoms. The SMILES string of the molecule is Cc1cscc1CNCCN1CCCCC1. The largest absolute Gasteiger partial charge is 0.311 e. The van der Waals surface area contributed by atoms with E-state index in [2.05, 4.69) is 27.9 Å². The van der Waals surface area contributed by atoms with Crippen molar-refractivity contribution >= 4 is 11.3 Å². The fourth-order valence-corrected chi connectivity index (χ4v) is 3.07. The van der Waals surface area contributed by atoms with Crippen molar-refractivity contribution in [2.45, 2.75) is 32.7 Å². The molecule has 2 rings (SSSR count). The van der Waals surface area contributed by atoms with E-state index in [9.17, 15) is 0 Å². The van der Waals surface area contributed by atoms with E-state index in [-0.39, 0.29) is 0 Å². The van der Waals surface area contributed by atoms with Crippen molar-refractivity contribution < 1.29 is 0 Å². The third-order valence-corrected chi connectivity index (χ3v) is 4.24. The third kappa shape index (κ3) is 3.58. The summed E-state index contributed by atoms with van der Waals surface area (Å²) >= 11 is 1.80. The summed E-state index contributed by atoms with van der Waals surface area (Å²) in [5.74, 6) is 0. The van der Waals surface area contributed by atoms with Gasteiger partial charge in [-0.3, -0.25) is 0 Å². The normalized spacial score (nSPS) is 17.8. The summed E-state index contributed by atoms with van der Waals surface area (Å²) in [5, 5.41) is 8.02. The molecule has 3 heteroatoms. The van der Waals surface area contributed by atoms with E-state index in [1.165, 1.54) is 50.0 Å². The van der Waals surface area contributed by atoms with Gasteiger partial charge in [0.25, 0.3) is 0 Å². The Hall–Kier alpha value is -0.380. The zero-order valence-corrected chi connectivity index (χ0v) is 11.0. The van der Waals surface area contributed by atoms with Crippen LogP contribution in [0.1, 0.15) is 30.4 Å². The first-order chi connectivity index (χ1) is 7.86. The third-order valence-electron chi connectivity index (χ3n) is 3.33. The van der Waals surface area contributed by atoms with Gasteiger partial charge in [0, 0.05) is 19.6 Å². The van der Waals surface area contributed by atoms with Crippen LogP contribution in [0.5, 0.6) is 0 Å². The minimum atomic E-state index is 1.03. The zero-order valence-electron chi connectivity index (χ0n) is 10.2. The minimum Gasteiger partial charge on any atom is -0.311 e. The maximum absolute atomic E-state index is 3.54. The zero-order chi connectivity index (χ0) is 11.2. The molecule has 1 aliphatic rings. The molecule has 0 radical (unpaired) electrons. The summed E-state index contributed by atoms with van der Waals surface area (Å²) in [5.41, 5.74) is 2.89. The van der Waals surface area contributed by atoms with Crippen LogP contribution in [0.3, 0.4) is 0 Å². The van der Waals surface area contributed by atoms with Crippen LogP contribution >= 0.6 is 11.3 Å². The van der Waals surface area contributed by atoms with Gasteiger partial charge in [0.15, 0.2) is 0 Å². The Bertz CT molecular complexity index is 303. The Morgan fingerprint density at radius 2 is 2.06 bits per heavy atom. The smallest absolute Gasteiger partial charge is 0.0216 e. The highest BCUT2D eigenvalue weighted by Crippen LogP contribution is 2.13. The van der Waals surface area contributed by atoms with E-state index in [0.717, 1.165) is 13.1 Å². The molecule has 1 aliphatic heterocycles. The van der Waals surface area contributed by atoms with Crippen LogP contribution in [0, 0.1) is 6.92 Å². The Morgan fingerprint density at radius 3 is 2.75 bits per heavy atom. The number of rotatable bonds is 5. The number of hydrogen-bond acceptors (Lipinski definition) is 3. The van der Waals surface area contributed by atoms with Crippen molar-refractivity contribution in [2.75, 3.05) is 26.2 Å². The molecule has 1 fully saturated rings.